The van der Waals surface area contributed by atoms with Crippen molar-refractivity contribution in [2.24, 2.45) is 0 Å². The van der Waals surface area contributed by atoms with Gasteiger partial charge in [-0.25, -0.2) is 13.4 Å². The summed E-state index contributed by atoms with van der Waals surface area (Å²) < 4.78 is 32.2. The van der Waals surface area contributed by atoms with E-state index in [9.17, 15) is 23.3 Å². The molecule has 3 rings (SSSR count). The molecule has 0 spiro atoms. The monoisotopic (exact) mass is 505 g/mol. The lowest BCUT2D eigenvalue weighted by Gasteiger charge is -2.13. The van der Waals surface area contributed by atoms with Gasteiger partial charge in [0.2, 0.25) is 10.0 Å². The Morgan fingerprint density at radius 1 is 1.21 bits per heavy atom. The third-order valence-corrected chi connectivity index (χ3v) is 6.78. The van der Waals surface area contributed by atoms with Crippen LogP contribution in [-0.2, 0) is 26.2 Å². The van der Waals surface area contributed by atoms with Crippen molar-refractivity contribution in [2.75, 3.05) is 30.9 Å². The summed E-state index contributed by atoms with van der Waals surface area (Å²) in [5.74, 6) is -0.816. The largest absolute Gasteiger partial charge is 0.458 e. The van der Waals surface area contributed by atoms with Crippen molar-refractivity contribution in [1.29, 1.82) is 0 Å². The molecule has 0 saturated carbocycles. The molecule has 0 amide bonds. The zero-order valence-electron chi connectivity index (χ0n) is 18.6. The molecule has 0 atom stereocenters. The van der Waals surface area contributed by atoms with Crippen LogP contribution in [0, 0.1) is 17.0 Å². The molecule has 0 aliphatic carbocycles. The van der Waals surface area contributed by atoms with Crippen LogP contribution in [0.5, 0.6) is 0 Å². The first-order valence-electron chi connectivity index (χ1n) is 9.94. The Bertz CT molecular complexity index is 1290. The minimum absolute atomic E-state index is 0.129. The number of carbonyl (C=O) groups is 1. The Morgan fingerprint density at radius 2 is 1.91 bits per heavy atom. The highest BCUT2D eigenvalue weighted by atomic mass is 32.2. The van der Waals surface area contributed by atoms with E-state index in [-0.39, 0.29) is 22.9 Å². The van der Waals surface area contributed by atoms with Crippen LogP contribution in [-0.4, -0.2) is 44.9 Å². The predicted molar refractivity (Wildman–Crippen MR) is 129 cm³/mol. The van der Waals surface area contributed by atoms with Gasteiger partial charge in [0.1, 0.15) is 18.8 Å². The molecule has 0 unspecified atom stereocenters. The van der Waals surface area contributed by atoms with Crippen LogP contribution in [0.4, 0.5) is 22.2 Å². The SMILES string of the molecule is Cc1ccc(Nc2nc(COC(=O)CNS(=O)(=O)c3ccc(N(C)C)c([N+](=O)[O-])c3)cs2)cc1. The Hall–Kier alpha value is -3.55. The second-order valence-electron chi connectivity index (χ2n) is 7.42. The Labute approximate surface area is 200 Å². The highest BCUT2D eigenvalue weighted by Crippen LogP contribution is 2.29. The number of aromatic nitrogens is 1. The first-order valence-corrected chi connectivity index (χ1v) is 12.3. The lowest BCUT2D eigenvalue weighted by molar-refractivity contribution is -0.384. The average Bonchev–Trinajstić information content (AvgIpc) is 3.24. The van der Waals surface area contributed by atoms with Gasteiger partial charge in [0.15, 0.2) is 5.13 Å². The molecule has 0 aliphatic heterocycles. The third-order valence-electron chi connectivity index (χ3n) is 4.58. The van der Waals surface area contributed by atoms with Crippen molar-refractivity contribution < 1.29 is 22.9 Å². The number of hydrogen-bond acceptors (Lipinski definition) is 10. The predicted octanol–water partition coefficient (Wildman–Crippen LogP) is 3.19. The van der Waals surface area contributed by atoms with Gasteiger partial charge >= 0.3 is 5.97 Å². The number of anilines is 3. The number of hydrogen-bond donors (Lipinski definition) is 2. The molecule has 0 fully saturated rings. The summed E-state index contributed by atoms with van der Waals surface area (Å²) in [5.41, 5.74) is 2.40. The lowest BCUT2D eigenvalue weighted by Crippen LogP contribution is -2.30. The molecule has 0 aliphatic rings. The highest BCUT2D eigenvalue weighted by Gasteiger charge is 2.23. The summed E-state index contributed by atoms with van der Waals surface area (Å²) in [5, 5.41) is 16.8. The fourth-order valence-electron chi connectivity index (χ4n) is 2.83. The van der Waals surface area contributed by atoms with Crippen molar-refractivity contribution in [2.45, 2.75) is 18.4 Å². The summed E-state index contributed by atoms with van der Waals surface area (Å²) in [7, 11) is -0.956. The van der Waals surface area contributed by atoms with Crippen LogP contribution >= 0.6 is 11.3 Å². The number of thiazole rings is 1. The van der Waals surface area contributed by atoms with E-state index in [0.717, 1.165) is 17.3 Å². The lowest BCUT2D eigenvalue weighted by atomic mass is 10.2. The summed E-state index contributed by atoms with van der Waals surface area (Å²) in [6, 6.07) is 11.3. The highest BCUT2D eigenvalue weighted by molar-refractivity contribution is 7.89. The van der Waals surface area contributed by atoms with Crippen molar-refractivity contribution in [1.82, 2.24) is 9.71 Å². The Morgan fingerprint density at radius 3 is 2.56 bits per heavy atom. The molecule has 0 saturated heterocycles. The zero-order valence-corrected chi connectivity index (χ0v) is 20.3. The first-order chi connectivity index (χ1) is 16.0. The maximum atomic E-state index is 12.5. The van der Waals surface area contributed by atoms with Gasteiger partial charge in [-0.15, -0.1) is 11.3 Å². The van der Waals surface area contributed by atoms with Crippen molar-refractivity contribution in [3.63, 3.8) is 0 Å². The van der Waals surface area contributed by atoms with E-state index in [0.29, 0.717) is 10.8 Å². The zero-order chi connectivity index (χ0) is 24.9. The number of nitrogens with zero attached hydrogens (tertiary/aromatic N) is 3. The molecule has 2 N–H and O–H groups in total. The number of benzene rings is 2. The normalized spacial score (nSPS) is 11.1. The Balaban J connectivity index is 1.55. The molecular weight excluding hydrogens is 482 g/mol. The molecule has 2 aromatic carbocycles. The smallest absolute Gasteiger partial charge is 0.321 e. The minimum atomic E-state index is -4.17. The van der Waals surface area contributed by atoms with Crippen molar-refractivity contribution in [3.8, 4) is 0 Å². The molecule has 1 aromatic heterocycles. The molecule has 1 heterocycles. The number of sulfonamides is 1. The fourth-order valence-corrected chi connectivity index (χ4v) is 4.53. The van der Waals surface area contributed by atoms with Gasteiger partial charge in [-0.2, -0.15) is 4.72 Å². The second kappa shape index (κ2) is 10.6. The summed E-state index contributed by atoms with van der Waals surface area (Å²) >= 11 is 1.34. The maximum absolute atomic E-state index is 12.5. The van der Waals surface area contributed by atoms with Crippen LogP contribution in [0.2, 0.25) is 0 Å². The summed E-state index contributed by atoms with van der Waals surface area (Å²) in [4.78, 5) is 28.2. The molecule has 0 radical (unpaired) electrons. The number of nitrogens with one attached hydrogen (secondary N) is 2. The molecule has 3 aromatic rings. The minimum Gasteiger partial charge on any atom is -0.458 e. The number of nitro benzene ring substituents is 1. The number of rotatable bonds is 10. The van der Waals surface area contributed by atoms with E-state index in [1.54, 1.807) is 19.5 Å². The quantitative estimate of drug-likeness (QED) is 0.241. The van der Waals surface area contributed by atoms with E-state index in [1.165, 1.54) is 28.4 Å². The molecular formula is C21H23N5O6S2. The van der Waals surface area contributed by atoms with Crippen LogP contribution in [0.25, 0.3) is 0 Å². The number of nitro groups is 1. The molecule has 0 bridgehead atoms. The van der Waals surface area contributed by atoms with Crippen LogP contribution in [0.3, 0.4) is 0 Å². The van der Waals surface area contributed by atoms with Crippen LogP contribution in [0.1, 0.15) is 11.3 Å². The van der Waals surface area contributed by atoms with E-state index >= 15 is 0 Å². The van der Waals surface area contributed by atoms with E-state index in [4.69, 9.17) is 4.74 Å². The van der Waals surface area contributed by atoms with Crippen LogP contribution < -0.4 is 14.9 Å². The van der Waals surface area contributed by atoms with Gasteiger partial charge in [-0.1, -0.05) is 17.7 Å². The third kappa shape index (κ3) is 6.50. The summed E-state index contributed by atoms with van der Waals surface area (Å²) in [6.45, 7) is 1.23. The van der Waals surface area contributed by atoms with E-state index in [2.05, 4.69) is 15.0 Å². The second-order valence-corrected chi connectivity index (χ2v) is 10.0. The number of aryl methyl sites for hydroxylation is 1. The van der Waals surface area contributed by atoms with Gasteiger partial charge < -0.3 is 15.0 Å². The standard InChI is InChI=1S/C21H23N5O6S2/c1-14-4-6-15(7-5-14)23-21-24-16(13-33-21)12-32-20(27)11-22-34(30,31)17-8-9-18(25(2)3)19(10-17)26(28)29/h4-10,13,22H,11-12H2,1-3H3,(H,23,24). The van der Waals surface area contributed by atoms with E-state index in [1.807, 2.05) is 31.2 Å². The molecule has 11 nitrogen and oxygen atoms in total. The molecule has 34 heavy (non-hydrogen) atoms. The van der Waals surface area contributed by atoms with Gasteiger partial charge in [-0.05, 0) is 31.2 Å². The average molecular weight is 506 g/mol. The van der Waals surface area contributed by atoms with Gasteiger partial charge in [0.25, 0.3) is 5.69 Å². The Kier molecular flexibility index (Phi) is 7.81. The number of carbonyl (C=O) groups excluding carboxylic acids is 1. The summed E-state index contributed by atoms with van der Waals surface area (Å²) in [6.07, 6.45) is 0. The maximum Gasteiger partial charge on any atom is 0.321 e. The topological polar surface area (TPSA) is 144 Å². The first kappa shape index (κ1) is 25.1. The number of esters is 1. The fraction of sp³-hybridized carbons (Fsp3) is 0.238. The van der Waals surface area contributed by atoms with E-state index < -0.39 is 27.5 Å². The number of ether oxygens (including phenoxy) is 1. The van der Waals surface area contributed by atoms with Crippen LogP contribution in [0.15, 0.2) is 52.7 Å². The van der Waals surface area contributed by atoms with Crippen molar-refractivity contribution >= 4 is 49.5 Å². The van der Waals surface area contributed by atoms with Gasteiger partial charge in [0.05, 0.1) is 15.5 Å². The molecule has 180 valence electrons. The van der Waals surface area contributed by atoms with Gasteiger partial charge in [-0.3, -0.25) is 14.9 Å². The van der Waals surface area contributed by atoms with Gasteiger partial charge in [0, 0.05) is 31.2 Å². The van der Waals surface area contributed by atoms with Crippen molar-refractivity contribution in [3.05, 3.63) is 69.2 Å². The molecule has 13 heteroatoms.